The molecule has 0 aliphatic carbocycles. The van der Waals surface area contributed by atoms with E-state index in [0.717, 1.165) is 0 Å². The zero-order chi connectivity index (χ0) is 18.9. The Balaban J connectivity index is 1.87. The average Bonchev–Trinajstić information content (AvgIpc) is 2.90. The Bertz CT molecular complexity index is 956. The fourth-order valence-corrected chi connectivity index (χ4v) is 2.79. The monoisotopic (exact) mass is 354 g/mol. The first-order valence-corrected chi connectivity index (χ1v) is 8.60. The standard InChI is InChI=1S/C20H23FN4O/c1-13-18(24-17(26)11-20(2,3)4)23-16-9-10-25(19(16)22-13)12-14-7-5-6-8-15(14)21/h5-10H,11-12H2,1-4H3,(H,23,24,26). The highest BCUT2D eigenvalue weighted by molar-refractivity contribution is 5.91. The van der Waals surface area contributed by atoms with E-state index in [1.54, 1.807) is 19.1 Å². The summed E-state index contributed by atoms with van der Waals surface area (Å²) in [4.78, 5) is 21.3. The molecule has 0 atom stereocenters. The van der Waals surface area contributed by atoms with Gasteiger partial charge in [-0.3, -0.25) is 4.79 Å². The fraction of sp³-hybridized carbons (Fsp3) is 0.350. The van der Waals surface area contributed by atoms with E-state index in [1.807, 2.05) is 43.7 Å². The minimum atomic E-state index is -0.245. The van der Waals surface area contributed by atoms with Gasteiger partial charge in [0.25, 0.3) is 0 Å². The second-order valence-corrected chi connectivity index (χ2v) is 7.69. The molecular weight excluding hydrogens is 331 g/mol. The lowest BCUT2D eigenvalue weighted by atomic mass is 9.92. The van der Waals surface area contributed by atoms with E-state index in [0.29, 0.717) is 41.2 Å². The average molecular weight is 354 g/mol. The Morgan fingerprint density at radius 2 is 1.92 bits per heavy atom. The van der Waals surface area contributed by atoms with Gasteiger partial charge in [-0.1, -0.05) is 39.0 Å². The molecule has 0 bridgehead atoms. The van der Waals surface area contributed by atoms with Crippen molar-refractivity contribution in [2.75, 3.05) is 5.32 Å². The van der Waals surface area contributed by atoms with Crippen LogP contribution in [0.3, 0.4) is 0 Å². The van der Waals surface area contributed by atoms with E-state index in [-0.39, 0.29) is 17.1 Å². The molecule has 0 fully saturated rings. The highest BCUT2D eigenvalue weighted by Crippen LogP contribution is 2.22. The Labute approximate surface area is 152 Å². The van der Waals surface area contributed by atoms with Crippen LogP contribution in [0, 0.1) is 18.2 Å². The van der Waals surface area contributed by atoms with Crippen molar-refractivity contribution in [2.45, 2.75) is 40.7 Å². The van der Waals surface area contributed by atoms with Gasteiger partial charge in [-0.05, 0) is 24.5 Å². The van der Waals surface area contributed by atoms with Crippen molar-refractivity contribution in [3.8, 4) is 0 Å². The number of hydrogen-bond donors (Lipinski definition) is 1. The van der Waals surface area contributed by atoms with Crippen molar-refractivity contribution in [3.05, 3.63) is 53.6 Å². The molecule has 136 valence electrons. The van der Waals surface area contributed by atoms with Crippen molar-refractivity contribution < 1.29 is 9.18 Å². The molecule has 1 aromatic carbocycles. The molecule has 0 saturated carbocycles. The maximum Gasteiger partial charge on any atom is 0.226 e. The van der Waals surface area contributed by atoms with Crippen molar-refractivity contribution in [1.29, 1.82) is 0 Å². The van der Waals surface area contributed by atoms with E-state index in [2.05, 4.69) is 15.3 Å². The fourth-order valence-electron chi connectivity index (χ4n) is 2.79. The van der Waals surface area contributed by atoms with Crippen LogP contribution in [0.25, 0.3) is 11.2 Å². The first kappa shape index (κ1) is 18.0. The molecule has 1 N–H and O–H groups in total. The Hall–Kier alpha value is -2.76. The Kier molecular flexibility index (Phi) is 4.76. The molecule has 6 heteroatoms. The van der Waals surface area contributed by atoms with Crippen LogP contribution in [0.2, 0.25) is 0 Å². The molecule has 5 nitrogen and oxygen atoms in total. The number of fused-ring (bicyclic) bond motifs is 1. The van der Waals surface area contributed by atoms with Gasteiger partial charge in [-0.2, -0.15) is 0 Å². The van der Waals surface area contributed by atoms with Crippen molar-refractivity contribution in [2.24, 2.45) is 5.41 Å². The quantitative estimate of drug-likeness (QED) is 0.760. The summed E-state index contributed by atoms with van der Waals surface area (Å²) in [6.45, 7) is 8.21. The number of nitrogens with zero attached hydrogens (tertiary/aromatic N) is 3. The summed E-state index contributed by atoms with van der Waals surface area (Å²) in [5.74, 6) is 0.139. The van der Waals surface area contributed by atoms with Gasteiger partial charge in [0.15, 0.2) is 11.5 Å². The summed E-state index contributed by atoms with van der Waals surface area (Å²) in [5, 5.41) is 2.85. The van der Waals surface area contributed by atoms with Crippen LogP contribution in [0.15, 0.2) is 36.5 Å². The molecule has 0 spiro atoms. The predicted molar refractivity (Wildman–Crippen MR) is 100 cm³/mol. The molecule has 3 rings (SSSR count). The van der Waals surface area contributed by atoms with Crippen molar-refractivity contribution in [3.63, 3.8) is 0 Å². The number of carbonyl (C=O) groups excluding carboxylic acids is 1. The maximum atomic E-state index is 13.9. The summed E-state index contributed by atoms with van der Waals surface area (Å²) in [6.07, 6.45) is 2.23. The van der Waals surface area contributed by atoms with Crippen molar-refractivity contribution in [1.82, 2.24) is 14.5 Å². The van der Waals surface area contributed by atoms with Crippen LogP contribution >= 0.6 is 0 Å². The predicted octanol–water partition coefficient (Wildman–Crippen LogP) is 4.30. The van der Waals surface area contributed by atoms with E-state index >= 15 is 0 Å². The zero-order valence-electron chi connectivity index (χ0n) is 15.5. The van der Waals surface area contributed by atoms with Crippen LogP contribution in [0.5, 0.6) is 0 Å². The third-order valence-electron chi connectivity index (χ3n) is 4.01. The van der Waals surface area contributed by atoms with Gasteiger partial charge in [0.05, 0.1) is 12.2 Å². The lowest BCUT2D eigenvalue weighted by Crippen LogP contribution is -2.21. The van der Waals surface area contributed by atoms with Gasteiger partial charge < -0.3 is 9.88 Å². The largest absolute Gasteiger partial charge is 0.327 e. The number of anilines is 1. The minimum absolute atomic E-state index is 0.0833. The SMILES string of the molecule is Cc1nc2c(ccn2Cc2ccccc2F)nc1NC(=O)CC(C)(C)C. The van der Waals surface area contributed by atoms with Crippen LogP contribution in [-0.2, 0) is 11.3 Å². The Morgan fingerprint density at radius 1 is 1.19 bits per heavy atom. The molecule has 2 heterocycles. The van der Waals surface area contributed by atoms with Gasteiger partial charge in [0.2, 0.25) is 5.91 Å². The summed E-state index contributed by atoms with van der Waals surface area (Å²) in [7, 11) is 0. The maximum absolute atomic E-state index is 13.9. The molecule has 0 radical (unpaired) electrons. The normalized spacial score (nSPS) is 11.7. The molecule has 3 aromatic rings. The smallest absolute Gasteiger partial charge is 0.226 e. The number of amides is 1. The number of nitrogens with one attached hydrogen (secondary N) is 1. The second-order valence-electron chi connectivity index (χ2n) is 7.69. The van der Waals surface area contributed by atoms with E-state index in [4.69, 9.17) is 0 Å². The number of rotatable bonds is 4. The van der Waals surface area contributed by atoms with Gasteiger partial charge >= 0.3 is 0 Å². The number of benzene rings is 1. The first-order valence-electron chi connectivity index (χ1n) is 8.60. The lowest BCUT2D eigenvalue weighted by Gasteiger charge is -2.17. The number of aryl methyl sites for hydroxylation is 1. The van der Waals surface area contributed by atoms with E-state index in [9.17, 15) is 9.18 Å². The third-order valence-corrected chi connectivity index (χ3v) is 4.01. The zero-order valence-corrected chi connectivity index (χ0v) is 15.5. The molecule has 0 saturated heterocycles. The van der Waals surface area contributed by atoms with Gasteiger partial charge in [0, 0.05) is 18.2 Å². The molecule has 2 aromatic heterocycles. The van der Waals surface area contributed by atoms with Crippen LogP contribution in [-0.4, -0.2) is 20.4 Å². The van der Waals surface area contributed by atoms with Crippen molar-refractivity contribution >= 4 is 22.9 Å². The minimum Gasteiger partial charge on any atom is -0.327 e. The summed E-state index contributed by atoms with van der Waals surface area (Å²) < 4.78 is 15.8. The van der Waals surface area contributed by atoms with Crippen LogP contribution in [0.1, 0.15) is 38.4 Å². The highest BCUT2D eigenvalue weighted by atomic mass is 19.1. The number of aromatic nitrogens is 3. The van der Waals surface area contributed by atoms with Crippen LogP contribution in [0.4, 0.5) is 10.2 Å². The molecule has 0 aliphatic rings. The number of hydrogen-bond acceptors (Lipinski definition) is 3. The van der Waals surface area contributed by atoms with Gasteiger partial charge in [0.1, 0.15) is 11.3 Å². The lowest BCUT2D eigenvalue weighted by molar-refractivity contribution is -0.117. The molecule has 0 aliphatic heterocycles. The van der Waals surface area contributed by atoms with E-state index in [1.165, 1.54) is 6.07 Å². The molecule has 1 amide bonds. The topological polar surface area (TPSA) is 59.8 Å². The van der Waals surface area contributed by atoms with Gasteiger partial charge in [-0.25, -0.2) is 14.4 Å². The molecule has 0 unspecified atom stereocenters. The number of carbonyl (C=O) groups is 1. The summed E-state index contributed by atoms with van der Waals surface area (Å²) in [6, 6.07) is 8.50. The Morgan fingerprint density at radius 3 is 2.62 bits per heavy atom. The second kappa shape index (κ2) is 6.86. The summed E-state index contributed by atoms with van der Waals surface area (Å²) >= 11 is 0. The number of halogens is 1. The third kappa shape index (κ3) is 4.07. The molecular formula is C20H23FN4O. The highest BCUT2D eigenvalue weighted by Gasteiger charge is 2.18. The molecule has 26 heavy (non-hydrogen) atoms. The van der Waals surface area contributed by atoms with Crippen LogP contribution < -0.4 is 5.32 Å². The van der Waals surface area contributed by atoms with E-state index < -0.39 is 0 Å². The van der Waals surface area contributed by atoms with Gasteiger partial charge in [-0.15, -0.1) is 0 Å². The summed E-state index contributed by atoms with van der Waals surface area (Å²) in [5.41, 5.74) is 2.45. The first-order chi connectivity index (χ1) is 12.2.